The van der Waals surface area contributed by atoms with Crippen molar-refractivity contribution in [2.75, 3.05) is 19.6 Å². The molecule has 2 heterocycles. The smallest absolute Gasteiger partial charge is 0.291 e. The number of benzene rings is 1. The molecule has 1 aliphatic rings. The Labute approximate surface area is 124 Å². The molecular weight excluding hydrogens is 266 g/mol. The summed E-state index contributed by atoms with van der Waals surface area (Å²) in [4.78, 5) is 18.8. The number of aromatic nitrogens is 1. The molecular formula is C16H19N3O2. The molecule has 1 atom stereocenters. The fourth-order valence-electron chi connectivity index (χ4n) is 2.56. The Hall–Kier alpha value is -2.14. The quantitative estimate of drug-likeness (QED) is 0.918. The van der Waals surface area contributed by atoms with Gasteiger partial charge < -0.3 is 14.6 Å². The highest BCUT2D eigenvalue weighted by Gasteiger charge is 2.26. The van der Waals surface area contributed by atoms with Crippen molar-refractivity contribution in [2.45, 2.75) is 19.9 Å². The average Bonchev–Trinajstić information content (AvgIpc) is 2.89. The summed E-state index contributed by atoms with van der Waals surface area (Å²) < 4.78 is 5.73. The first kappa shape index (κ1) is 13.8. The van der Waals surface area contributed by atoms with Crippen LogP contribution in [0.1, 0.15) is 23.2 Å². The van der Waals surface area contributed by atoms with Gasteiger partial charge in [-0.05, 0) is 26.0 Å². The number of nitrogens with zero attached hydrogens (tertiary/aromatic N) is 2. The minimum absolute atomic E-state index is 0.0736. The van der Waals surface area contributed by atoms with Gasteiger partial charge in [-0.2, -0.15) is 0 Å². The highest BCUT2D eigenvalue weighted by atomic mass is 16.4. The Bertz CT molecular complexity index is 636. The molecule has 110 valence electrons. The van der Waals surface area contributed by atoms with Gasteiger partial charge in [0.05, 0.1) is 5.69 Å². The molecule has 0 spiro atoms. The van der Waals surface area contributed by atoms with Crippen LogP contribution < -0.4 is 5.32 Å². The first-order valence-electron chi connectivity index (χ1n) is 7.20. The third-order valence-electron chi connectivity index (χ3n) is 3.67. The fourth-order valence-corrected chi connectivity index (χ4v) is 2.56. The van der Waals surface area contributed by atoms with Crippen LogP contribution in [-0.4, -0.2) is 41.5 Å². The molecule has 1 unspecified atom stereocenters. The van der Waals surface area contributed by atoms with Crippen molar-refractivity contribution < 1.29 is 9.21 Å². The van der Waals surface area contributed by atoms with Gasteiger partial charge in [0.15, 0.2) is 0 Å². The number of amides is 1. The number of oxazole rings is 1. The van der Waals surface area contributed by atoms with Gasteiger partial charge in [0.2, 0.25) is 11.7 Å². The lowest BCUT2D eigenvalue weighted by molar-refractivity contribution is 0.0677. The maximum Gasteiger partial charge on any atom is 0.291 e. The van der Waals surface area contributed by atoms with Crippen molar-refractivity contribution in [3.63, 3.8) is 0 Å². The van der Waals surface area contributed by atoms with Crippen molar-refractivity contribution in [3.8, 4) is 11.5 Å². The van der Waals surface area contributed by atoms with Crippen LogP contribution in [0.25, 0.3) is 11.5 Å². The van der Waals surface area contributed by atoms with E-state index >= 15 is 0 Å². The van der Waals surface area contributed by atoms with Crippen LogP contribution in [0.4, 0.5) is 0 Å². The SMILES string of the molecule is Cc1nc(-c2ccccc2)oc1C(=O)N1CCNC(C)C1. The molecule has 5 nitrogen and oxygen atoms in total. The minimum Gasteiger partial charge on any atom is -0.431 e. The van der Waals surface area contributed by atoms with E-state index in [0.29, 0.717) is 36.5 Å². The third kappa shape index (κ3) is 2.83. The third-order valence-corrected chi connectivity index (χ3v) is 3.67. The second-order valence-corrected chi connectivity index (χ2v) is 5.41. The molecule has 0 radical (unpaired) electrons. The molecule has 1 fully saturated rings. The molecule has 1 saturated heterocycles. The highest BCUT2D eigenvalue weighted by Crippen LogP contribution is 2.22. The Kier molecular flexibility index (Phi) is 3.75. The van der Waals surface area contributed by atoms with Crippen LogP contribution in [-0.2, 0) is 0 Å². The second-order valence-electron chi connectivity index (χ2n) is 5.41. The average molecular weight is 285 g/mol. The number of carbonyl (C=O) groups is 1. The largest absolute Gasteiger partial charge is 0.431 e. The highest BCUT2D eigenvalue weighted by molar-refractivity contribution is 5.93. The lowest BCUT2D eigenvalue weighted by Crippen LogP contribution is -2.51. The molecule has 1 aromatic carbocycles. The van der Waals surface area contributed by atoms with Gasteiger partial charge in [0, 0.05) is 31.2 Å². The van der Waals surface area contributed by atoms with E-state index in [2.05, 4.69) is 17.2 Å². The van der Waals surface area contributed by atoms with E-state index in [1.807, 2.05) is 42.2 Å². The number of nitrogens with one attached hydrogen (secondary N) is 1. The Morgan fingerprint density at radius 3 is 2.86 bits per heavy atom. The summed E-state index contributed by atoms with van der Waals surface area (Å²) in [7, 11) is 0. The van der Waals surface area contributed by atoms with Crippen molar-refractivity contribution in [1.82, 2.24) is 15.2 Å². The van der Waals surface area contributed by atoms with E-state index in [1.54, 1.807) is 0 Å². The van der Waals surface area contributed by atoms with E-state index in [0.717, 1.165) is 12.1 Å². The first-order chi connectivity index (χ1) is 10.1. The Morgan fingerprint density at radius 2 is 2.14 bits per heavy atom. The summed E-state index contributed by atoms with van der Waals surface area (Å²) in [6.45, 7) is 6.09. The van der Waals surface area contributed by atoms with Crippen LogP contribution in [0.2, 0.25) is 0 Å². The topological polar surface area (TPSA) is 58.4 Å². The molecule has 5 heteroatoms. The van der Waals surface area contributed by atoms with Gasteiger partial charge in [0.1, 0.15) is 0 Å². The zero-order chi connectivity index (χ0) is 14.8. The Balaban J connectivity index is 1.86. The number of hydrogen-bond acceptors (Lipinski definition) is 4. The zero-order valence-electron chi connectivity index (χ0n) is 12.3. The Morgan fingerprint density at radius 1 is 1.38 bits per heavy atom. The van der Waals surface area contributed by atoms with Crippen LogP contribution >= 0.6 is 0 Å². The molecule has 1 N–H and O–H groups in total. The van der Waals surface area contributed by atoms with Crippen molar-refractivity contribution in [1.29, 1.82) is 0 Å². The summed E-state index contributed by atoms with van der Waals surface area (Å²) >= 11 is 0. The molecule has 0 bridgehead atoms. The van der Waals surface area contributed by atoms with Crippen LogP contribution in [0.3, 0.4) is 0 Å². The number of hydrogen-bond donors (Lipinski definition) is 1. The van der Waals surface area contributed by atoms with E-state index in [4.69, 9.17) is 4.42 Å². The maximum absolute atomic E-state index is 12.6. The van der Waals surface area contributed by atoms with Gasteiger partial charge in [-0.25, -0.2) is 4.98 Å². The summed E-state index contributed by atoms with van der Waals surface area (Å²) in [6, 6.07) is 9.94. The summed E-state index contributed by atoms with van der Waals surface area (Å²) in [5.41, 5.74) is 1.53. The zero-order valence-corrected chi connectivity index (χ0v) is 12.3. The van der Waals surface area contributed by atoms with Crippen molar-refractivity contribution in [3.05, 3.63) is 41.8 Å². The van der Waals surface area contributed by atoms with Gasteiger partial charge in [-0.3, -0.25) is 4.79 Å². The fraction of sp³-hybridized carbons (Fsp3) is 0.375. The van der Waals surface area contributed by atoms with Crippen LogP contribution in [0.5, 0.6) is 0 Å². The van der Waals surface area contributed by atoms with E-state index in [9.17, 15) is 4.79 Å². The summed E-state index contributed by atoms with van der Waals surface area (Å²) in [6.07, 6.45) is 0. The number of carbonyl (C=O) groups excluding carboxylic acids is 1. The standard InChI is InChI=1S/C16H19N3O2/c1-11-10-19(9-8-17-11)16(20)14-12(2)18-15(21-14)13-6-4-3-5-7-13/h3-7,11,17H,8-10H2,1-2H3. The predicted molar refractivity (Wildman–Crippen MR) is 80.0 cm³/mol. The molecule has 0 saturated carbocycles. The van der Waals surface area contributed by atoms with Crippen molar-refractivity contribution >= 4 is 5.91 Å². The maximum atomic E-state index is 12.6. The van der Waals surface area contributed by atoms with Crippen LogP contribution in [0.15, 0.2) is 34.7 Å². The van der Waals surface area contributed by atoms with Crippen LogP contribution in [0, 0.1) is 6.92 Å². The lowest BCUT2D eigenvalue weighted by atomic mass is 10.2. The molecule has 1 aromatic heterocycles. The van der Waals surface area contributed by atoms with Gasteiger partial charge in [0.25, 0.3) is 5.91 Å². The number of rotatable bonds is 2. The van der Waals surface area contributed by atoms with Crippen molar-refractivity contribution in [2.24, 2.45) is 0 Å². The van der Waals surface area contributed by atoms with Gasteiger partial charge >= 0.3 is 0 Å². The normalized spacial score (nSPS) is 18.8. The minimum atomic E-state index is -0.0736. The van der Waals surface area contributed by atoms with Gasteiger partial charge in [-0.1, -0.05) is 18.2 Å². The molecule has 1 amide bonds. The number of piperazine rings is 1. The second kappa shape index (κ2) is 5.69. The monoisotopic (exact) mass is 285 g/mol. The predicted octanol–water partition coefficient (Wildman–Crippen LogP) is 2.08. The summed E-state index contributed by atoms with van der Waals surface area (Å²) in [5, 5.41) is 3.32. The van der Waals surface area contributed by atoms with E-state index in [-0.39, 0.29) is 5.91 Å². The number of aryl methyl sites for hydroxylation is 1. The molecule has 3 rings (SSSR count). The van der Waals surface area contributed by atoms with Gasteiger partial charge in [-0.15, -0.1) is 0 Å². The van der Waals surface area contributed by atoms with E-state index < -0.39 is 0 Å². The lowest BCUT2D eigenvalue weighted by Gasteiger charge is -2.31. The molecule has 1 aliphatic heterocycles. The molecule has 0 aliphatic carbocycles. The van der Waals surface area contributed by atoms with E-state index in [1.165, 1.54) is 0 Å². The molecule has 2 aromatic rings. The first-order valence-corrected chi connectivity index (χ1v) is 7.20. The molecule has 21 heavy (non-hydrogen) atoms. The summed E-state index contributed by atoms with van der Waals surface area (Å²) in [5.74, 6) is 0.776.